The Morgan fingerprint density at radius 2 is 2.18 bits per heavy atom. The summed E-state index contributed by atoms with van der Waals surface area (Å²) in [4.78, 5) is 15.8. The van der Waals surface area contributed by atoms with Crippen LogP contribution in [0.15, 0.2) is 18.3 Å². The number of hydrogen-bond donors (Lipinski definition) is 1. The predicted molar refractivity (Wildman–Crippen MR) is 80.3 cm³/mol. The molecule has 1 aromatic heterocycles. The molecule has 6 heteroatoms. The van der Waals surface area contributed by atoms with Gasteiger partial charge in [0.15, 0.2) is 0 Å². The first-order valence-corrected chi connectivity index (χ1v) is 7.52. The number of carbonyl (C=O) groups excluding carboxylic acids is 1. The second-order valence-corrected chi connectivity index (χ2v) is 5.40. The molecule has 1 heterocycles. The first-order valence-electron chi connectivity index (χ1n) is 7.52. The van der Waals surface area contributed by atoms with Gasteiger partial charge in [-0.3, -0.25) is 4.79 Å². The first kappa shape index (κ1) is 16.2. The number of pyridine rings is 1. The maximum atomic E-state index is 11.6. The van der Waals surface area contributed by atoms with Crippen molar-refractivity contribution in [2.24, 2.45) is 0 Å². The van der Waals surface area contributed by atoms with Crippen molar-refractivity contribution in [3.05, 3.63) is 23.9 Å². The summed E-state index contributed by atoms with van der Waals surface area (Å²) >= 11 is 0. The van der Waals surface area contributed by atoms with Crippen molar-refractivity contribution in [3.63, 3.8) is 0 Å². The lowest BCUT2D eigenvalue weighted by molar-refractivity contribution is -0.123. The van der Waals surface area contributed by atoms with Gasteiger partial charge in [0.25, 0.3) is 0 Å². The molecule has 0 spiro atoms. The Kier molecular flexibility index (Phi) is 6.16. The van der Waals surface area contributed by atoms with Gasteiger partial charge in [-0.1, -0.05) is 0 Å². The van der Waals surface area contributed by atoms with Gasteiger partial charge >= 0.3 is 0 Å². The van der Waals surface area contributed by atoms with Crippen LogP contribution in [0.2, 0.25) is 0 Å². The molecule has 1 N–H and O–H groups in total. The molecule has 0 saturated heterocycles. The lowest BCUT2D eigenvalue weighted by atomic mass is 9.93. The highest BCUT2D eigenvalue weighted by molar-refractivity contribution is 5.76. The molecule has 118 valence electrons. The number of methoxy groups -OCH3 is 1. The topological polar surface area (TPSA) is 84.2 Å². The van der Waals surface area contributed by atoms with Crippen molar-refractivity contribution in [1.82, 2.24) is 10.3 Å². The standard InChI is InChI=1S/C16H21N3O3/c1-21-9-8-15(20)19-13-3-5-14(6-4-13)22-16-7-2-12(10-17)11-18-16/h2,7,11,13-14H,3-6,8-9H2,1H3,(H,19,20). The van der Waals surface area contributed by atoms with Crippen molar-refractivity contribution in [2.75, 3.05) is 13.7 Å². The van der Waals surface area contributed by atoms with E-state index in [1.165, 1.54) is 6.20 Å². The van der Waals surface area contributed by atoms with Crippen LogP contribution in [0, 0.1) is 11.3 Å². The van der Waals surface area contributed by atoms with E-state index < -0.39 is 0 Å². The zero-order valence-electron chi connectivity index (χ0n) is 12.7. The van der Waals surface area contributed by atoms with E-state index in [2.05, 4.69) is 10.3 Å². The van der Waals surface area contributed by atoms with E-state index in [9.17, 15) is 4.79 Å². The van der Waals surface area contributed by atoms with Gasteiger partial charge in [0.2, 0.25) is 11.8 Å². The molecule has 1 amide bonds. The number of amides is 1. The third-order valence-corrected chi connectivity index (χ3v) is 3.73. The fourth-order valence-corrected chi connectivity index (χ4v) is 2.51. The molecule has 0 atom stereocenters. The van der Waals surface area contributed by atoms with Gasteiger partial charge in [-0.05, 0) is 31.7 Å². The van der Waals surface area contributed by atoms with E-state index in [0.29, 0.717) is 24.5 Å². The van der Waals surface area contributed by atoms with Crippen LogP contribution in [0.1, 0.15) is 37.7 Å². The Hall–Kier alpha value is -2.13. The average Bonchev–Trinajstić information content (AvgIpc) is 2.55. The van der Waals surface area contributed by atoms with E-state index in [4.69, 9.17) is 14.7 Å². The third kappa shape index (κ3) is 5.01. The van der Waals surface area contributed by atoms with Gasteiger partial charge in [-0.25, -0.2) is 4.98 Å². The molecule has 1 fully saturated rings. The van der Waals surface area contributed by atoms with Gasteiger partial charge in [-0.15, -0.1) is 0 Å². The number of carbonyl (C=O) groups is 1. The second kappa shape index (κ2) is 8.35. The minimum absolute atomic E-state index is 0.0416. The highest BCUT2D eigenvalue weighted by Crippen LogP contribution is 2.23. The summed E-state index contributed by atoms with van der Waals surface area (Å²) in [5.74, 6) is 0.589. The van der Waals surface area contributed by atoms with Crippen LogP contribution in [0.5, 0.6) is 5.88 Å². The Morgan fingerprint density at radius 3 is 2.77 bits per heavy atom. The molecule has 6 nitrogen and oxygen atoms in total. The van der Waals surface area contributed by atoms with Gasteiger partial charge in [0.05, 0.1) is 12.2 Å². The number of nitrogens with zero attached hydrogens (tertiary/aromatic N) is 2. The summed E-state index contributed by atoms with van der Waals surface area (Å²) in [5.41, 5.74) is 0.523. The Balaban J connectivity index is 1.72. The van der Waals surface area contributed by atoms with Crippen molar-refractivity contribution in [1.29, 1.82) is 5.26 Å². The lowest BCUT2D eigenvalue weighted by Gasteiger charge is -2.29. The maximum Gasteiger partial charge on any atom is 0.222 e. The molecule has 0 aliphatic heterocycles. The Bertz CT molecular complexity index is 516. The highest BCUT2D eigenvalue weighted by Gasteiger charge is 2.23. The fourth-order valence-electron chi connectivity index (χ4n) is 2.51. The minimum Gasteiger partial charge on any atom is -0.474 e. The van der Waals surface area contributed by atoms with Crippen LogP contribution in [-0.4, -0.2) is 36.8 Å². The maximum absolute atomic E-state index is 11.6. The van der Waals surface area contributed by atoms with E-state index >= 15 is 0 Å². The molecule has 1 aliphatic rings. The van der Waals surface area contributed by atoms with Crippen LogP contribution >= 0.6 is 0 Å². The molecule has 0 radical (unpaired) electrons. The quantitative estimate of drug-likeness (QED) is 0.866. The van der Waals surface area contributed by atoms with Crippen LogP contribution in [-0.2, 0) is 9.53 Å². The summed E-state index contributed by atoms with van der Waals surface area (Å²) in [6.45, 7) is 0.453. The summed E-state index contributed by atoms with van der Waals surface area (Å²) in [6.07, 6.45) is 5.61. The smallest absolute Gasteiger partial charge is 0.222 e. The summed E-state index contributed by atoms with van der Waals surface area (Å²) in [6, 6.07) is 5.67. The third-order valence-electron chi connectivity index (χ3n) is 3.73. The van der Waals surface area contributed by atoms with E-state index in [0.717, 1.165) is 25.7 Å². The van der Waals surface area contributed by atoms with Crippen LogP contribution in [0.25, 0.3) is 0 Å². The highest BCUT2D eigenvalue weighted by atomic mass is 16.5. The first-order chi connectivity index (χ1) is 10.7. The minimum atomic E-state index is 0.0416. The van der Waals surface area contributed by atoms with Crippen LogP contribution < -0.4 is 10.1 Å². The van der Waals surface area contributed by atoms with E-state index in [1.807, 2.05) is 6.07 Å². The van der Waals surface area contributed by atoms with E-state index in [1.54, 1.807) is 19.2 Å². The van der Waals surface area contributed by atoms with Gasteiger partial charge in [0, 0.05) is 31.8 Å². The fraction of sp³-hybridized carbons (Fsp3) is 0.562. The molecule has 22 heavy (non-hydrogen) atoms. The molecular formula is C16H21N3O3. The second-order valence-electron chi connectivity index (χ2n) is 5.40. The summed E-state index contributed by atoms with van der Waals surface area (Å²) in [7, 11) is 1.59. The molecular weight excluding hydrogens is 282 g/mol. The lowest BCUT2D eigenvalue weighted by Crippen LogP contribution is -2.40. The van der Waals surface area contributed by atoms with E-state index in [-0.39, 0.29) is 18.1 Å². The molecule has 1 saturated carbocycles. The molecule has 1 aliphatic carbocycles. The Morgan fingerprint density at radius 1 is 1.41 bits per heavy atom. The van der Waals surface area contributed by atoms with Crippen molar-refractivity contribution < 1.29 is 14.3 Å². The molecule has 2 rings (SSSR count). The van der Waals surface area contributed by atoms with Gasteiger partial charge < -0.3 is 14.8 Å². The predicted octanol–water partition coefficient (Wildman–Crippen LogP) is 1.80. The molecule has 0 unspecified atom stereocenters. The molecule has 1 aromatic rings. The number of hydrogen-bond acceptors (Lipinski definition) is 5. The number of ether oxygens (including phenoxy) is 2. The number of nitrogens with one attached hydrogen (secondary N) is 1. The van der Waals surface area contributed by atoms with Crippen LogP contribution in [0.3, 0.4) is 0 Å². The average molecular weight is 303 g/mol. The number of nitriles is 1. The van der Waals surface area contributed by atoms with Crippen molar-refractivity contribution >= 4 is 5.91 Å². The summed E-state index contributed by atoms with van der Waals surface area (Å²) < 4.78 is 10.7. The zero-order valence-corrected chi connectivity index (χ0v) is 12.7. The monoisotopic (exact) mass is 303 g/mol. The number of aromatic nitrogens is 1. The SMILES string of the molecule is COCCC(=O)NC1CCC(Oc2ccc(C#N)cn2)CC1. The normalized spacial score (nSPS) is 20.9. The summed E-state index contributed by atoms with van der Waals surface area (Å²) in [5, 5.41) is 11.8. The largest absolute Gasteiger partial charge is 0.474 e. The van der Waals surface area contributed by atoms with Crippen molar-refractivity contribution in [2.45, 2.75) is 44.2 Å². The van der Waals surface area contributed by atoms with Gasteiger partial charge in [-0.2, -0.15) is 5.26 Å². The number of rotatable bonds is 6. The Labute approximate surface area is 130 Å². The molecule has 0 aromatic carbocycles. The zero-order chi connectivity index (χ0) is 15.8. The van der Waals surface area contributed by atoms with Crippen molar-refractivity contribution in [3.8, 4) is 11.9 Å². The van der Waals surface area contributed by atoms with Gasteiger partial charge in [0.1, 0.15) is 12.2 Å². The van der Waals surface area contributed by atoms with Crippen LogP contribution in [0.4, 0.5) is 0 Å². The molecule has 0 bridgehead atoms.